The number of nitrogens with one attached hydrogen (secondary N) is 2. The predicted molar refractivity (Wildman–Crippen MR) is 57.2 cm³/mol. The number of hydrogen-bond donors (Lipinski definition) is 2. The minimum absolute atomic E-state index is 0.131. The van der Waals surface area contributed by atoms with Gasteiger partial charge < -0.3 is 10.6 Å². The molecule has 2 amide bonds. The van der Waals surface area contributed by atoms with Gasteiger partial charge in [0.2, 0.25) is 0 Å². The fourth-order valence-corrected chi connectivity index (χ4v) is 1.31. The van der Waals surface area contributed by atoms with Crippen molar-refractivity contribution in [3.8, 4) is 0 Å². The van der Waals surface area contributed by atoms with E-state index in [4.69, 9.17) is 0 Å². The maximum Gasteiger partial charge on any atom is 0.314 e. The van der Waals surface area contributed by atoms with E-state index >= 15 is 0 Å². The van der Waals surface area contributed by atoms with Gasteiger partial charge in [-0.3, -0.25) is 0 Å². The summed E-state index contributed by atoms with van der Waals surface area (Å²) in [5.41, 5.74) is 1.23. The average Bonchev–Trinajstić information content (AvgIpc) is 2.19. The lowest BCUT2D eigenvalue weighted by atomic mass is 10.1. The Labute approximate surface area is 84.5 Å². The van der Waals surface area contributed by atoms with Gasteiger partial charge in [-0.1, -0.05) is 30.3 Å². The van der Waals surface area contributed by atoms with Gasteiger partial charge in [-0.05, 0) is 18.9 Å². The molecule has 14 heavy (non-hydrogen) atoms. The molecule has 3 nitrogen and oxygen atoms in total. The lowest BCUT2D eigenvalue weighted by molar-refractivity contribution is 0.240. The molecule has 1 aromatic rings. The second-order valence-electron chi connectivity index (χ2n) is 3.31. The molecular formula is C11H16N2O. The predicted octanol–water partition coefficient (Wildman–Crippen LogP) is 1.55. The van der Waals surface area contributed by atoms with Gasteiger partial charge in [0.15, 0.2) is 0 Å². The molecule has 0 heterocycles. The summed E-state index contributed by atoms with van der Waals surface area (Å²) in [7, 11) is 1.62. The van der Waals surface area contributed by atoms with Crippen LogP contribution in [-0.4, -0.2) is 19.1 Å². The lowest BCUT2D eigenvalue weighted by Gasteiger charge is -2.13. The molecule has 0 radical (unpaired) electrons. The molecule has 0 fully saturated rings. The molecule has 0 unspecified atom stereocenters. The molecule has 0 bridgehead atoms. The van der Waals surface area contributed by atoms with Crippen molar-refractivity contribution >= 4 is 6.03 Å². The highest BCUT2D eigenvalue weighted by atomic mass is 16.2. The van der Waals surface area contributed by atoms with E-state index in [0.717, 1.165) is 6.42 Å². The molecule has 0 saturated carbocycles. The Morgan fingerprint density at radius 1 is 1.36 bits per heavy atom. The summed E-state index contributed by atoms with van der Waals surface area (Å²) < 4.78 is 0. The highest BCUT2D eigenvalue weighted by Crippen LogP contribution is 2.02. The first-order valence-electron chi connectivity index (χ1n) is 4.74. The Morgan fingerprint density at radius 2 is 2.00 bits per heavy atom. The van der Waals surface area contributed by atoms with Crippen LogP contribution in [0.25, 0.3) is 0 Å². The molecular weight excluding hydrogens is 176 g/mol. The highest BCUT2D eigenvalue weighted by molar-refractivity contribution is 5.73. The molecule has 3 heteroatoms. The maximum absolute atomic E-state index is 11.0. The topological polar surface area (TPSA) is 41.1 Å². The summed E-state index contributed by atoms with van der Waals surface area (Å²) >= 11 is 0. The van der Waals surface area contributed by atoms with Gasteiger partial charge in [0.25, 0.3) is 0 Å². The number of amides is 2. The van der Waals surface area contributed by atoms with Gasteiger partial charge in [-0.25, -0.2) is 4.79 Å². The van der Waals surface area contributed by atoms with Gasteiger partial charge in [0.1, 0.15) is 0 Å². The summed E-state index contributed by atoms with van der Waals surface area (Å²) in [5.74, 6) is 0. The summed E-state index contributed by atoms with van der Waals surface area (Å²) in [6.45, 7) is 1.99. The number of urea groups is 1. The molecule has 0 spiro atoms. The van der Waals surface area contributed by atoms with Crippen LogP contribution in [0.1, 0.15) is 12.5 Å². The van der Waals surface area contributed by atoms with Crippen LogP contribution in [0.3, 0.4) is 0 Å². The van der Waals surface area contributed by atoms with Gasteiger partial charge in [-0.15, -0.1) is 0 Å². The van der Waals surface area contributed by atoms with Crippen LogP contribution in [0.4, 0.5) is 4.79 Å². The summed E-state index contributed by atoms with van der Waals surface area (Å²) in [6, 6.07) is 10.1. The van der Waals surface area contributed by atoms with Crippen LogP contribution in [0.15, 0.2) is 30.3 Å². The maximum atomic E-state index is 11.0. The third-order valence-electron chi connectivity index (χ3n) is 1.99. The zero-order valence-corrected chi connectivity index (χ0v) is 8.58. The van der Waals surface area contributed by atoms with Gasteiger partial charge >= 0.3 is 6.03 Å². The standard InChI is InChI=1S/C11H16N2O/c1-9(13-11(14)12-2)8-10-6-4-3-5-7-10/h3-7,9H,8H2,1-2H3,(H2,12,13,14)/t9-/m0/s1. The van der Waals surface area contributed by atoms with Crippen molar-refractivity contribution in [2.75, 3.05) is 7.05 Å². The van der Waals surface area contributed by atoms with Crippen molar-refractivity contribution in [3.05, 3.63) is 35.9 Å². The monoisotopic (exact) mass is 192 g/mol. The molecule has 0 saturated heterocycles. The zero-order chi connectivity index (χ0) is 10.4. The van der Waals surface area contributed by atoms with E-state index in [1.807, 2.05) is 25.1 Å². The van der Waals surface area contributed by atoms with Crippen molar-refractivity contribution in [2.45, 2.75) is 19.4 Å². The average molecular weight is 192 g/mol. The molecule has 1 atom stereocenters. The number of benzene rings is 1. The molecule has 0 aromatic heterocycles. The van der Waals surface area contributed by atoms with Crippen LogP contribution >= 0.6 is 0 Å². The second kappa shape index (κ2) is 5.27. The Morgan fingerprint density at radius 3 is 2.57 bits per heavy atom. The fourth-order valence-electron chi connectivity index (χ4n) is 1.31. The molecule has 0 aliphatic rings. The normalized spacial score (nSPS) is 11.9. The third kappa shape index (κ3) is 3.47. The van der Waals surface area contributed by atoms with Gasteiger partial charge in [0.05, 0.1) is 0 Å². The lowest BCUT2D eigenvalue weighted by Crippen LogP contribution is -2.39. The summed E-state index contributed by atoms with van der Waals surface area (Å²) in [4.78, 5) is 11.0. The zero-order valence-electron chi connectivity index (χ0n) is 8.58. The van der Waals surface area contributed by atoms with Crippen molar-refractivity contribution in [3.63, 3.8) is 0 Å². The third-order valence-corrected chi connectivity index (χ3v) is 1.99. The van der Waals surface area contributed by atoms with Crippen LogP contribution in [0, 0.1) is 0 Å². The van der Waals surface area contributed by atoms with Gasteiger partial charge in [-0.2, -0.15) is 0 Å². The van der Waals surface area contributed by atoms with E-state index in [1.54, 1.807) is 7.05 Å². The quantitative estimate of drug-likeness (QED) is 0.749. The van der Waals surface area contributed by atoms with E-state index in [9.17, 15) is 4.79 Å². The largest absolute Gasteiger partial charge is 0.341 e. The minimum atomic E-state index is -0.131. The molecule has 0 aliphatic heterocycles. The minimum Gasteiger partial charge on any atom is -0.341 e. The molecule has 2 N–H and O–H groups in total. The van der Waals surface area contributed by atoms with Crippen LogP contribution in [0.2, 0.25) is 0 Å². The molecule has 0 aliphatic carbocycles. The first-order chi connectivity index (χ1) is 6.72. The smallest absolute Gasteiger partial charge is 0.314 e. The Hall–Kier alpha value is -1.51. The molecule has 76 valence electrons. The van der Waals surface area contributed by atoms with Crippen molar-refractivity contribution in [1.29, 1.82) is 0 Å². The van der Waals surface area contributed by atoms with Gasteiger partial charge in [0, 0.05) is 13.1 Å². The SMILES string of the molecule is CNC(=O)N[C@@H](C)Cc1ccccc1. The first kappa shape index (κ1) is 10.6. The second-order valence-corrected chi connectivity index (χ2v) is 3.31. The fraction of sp³-hybridized carbons (Fsp3) is 0.364. The number of rotatable bonds is 3. The van der Waals surface area contributed by atoms with Crippen LogP contribution in [0.5, 0.6) is 0 Å². The number of carbonyl (C=O) groups excluding carboxylic acids is 1. The summed E-state index contributed by atoms with van der Waals surface area (Å²) in [6.07, 6.45) is 0.855. The van der Waals surface area contributed by atoms with Crippen molar-refractivity contribution in [2.24, 2.45) is 0 Å². The number of hydrogen-bond acceptors (Lipinski definition) is 1. The number of carbonyl (C=O) groups is 1. The Bertz CT molecular complexity index is 285. The van der Waals surface area contributed by atoms with Crippen molar-refractivity contribution < 1.29 is 4.79 Å². The van der Waals surface area contributed by atoms with E-state index in [-0.39, 0.29) is 12.1 Å². The van der Waals surface area contributed by atoms with E-state index in [2.05, 4.69) is 22.8 Å². The first-order valence-corrected chi connectivity index (χ1v) is 4.74. The van der Waals surface area contributed by atoms with E-state index < -0.39 is 0 Å². The molecule has 1 rings (SSSR count). The van der Waals surface area contributed by atoms with Crippen molar-refractivity contribution in [1.82, 2.24) is 10.6 Å². The van der Waals surface area contributed by atoms with Crippen LogP contribution in [-0.2, 0) is 6.42 Å². The van der Waals surface area contributed by atoms with E-state index in [1.165, 1.54) is 5.56 Å². The summed E-state index contributed by atoms with van der Waals surface area (Å²) in [5, 5.41) is 5.36. The Balaban J connectivity index is 2.41. The highest BCUT2D eigenvalue weighted by Gasteiger charge is 2.05. The molecule has 1 aromatic carbocycles. The Kier molecular flexibility index (Phi) is 3.98. The van der Waals surface area contributed by atoms with E-state index in [0.29, 0.717) is 0 Å². The van der Waals surface area contributed by atoms with Crippen LogP contribution < -0.4 is 10.6 Å².